The molecule has 0 saturated carbocycles. The Bertz CT molecular complexity index is 1550. The number of rotatable bonds is 16. The van der Waals surface area contributed by atoms with Crippen molar-refractivity contribution in [2.24, 2.45) is 17.4 Å². The molecule has 1 heterocycles. The number of nitrogens with two attached hydrogens (primary N) is 2. The van der Waals surface area contributed by atoms with E-state index in [1.165, 1.54) is 4.90 Å². The maximum Gasteiger partial charge on any atom is 0.246 e. The minimum Gasteiger partial charge on any atom is -0.368 e. The van der Waals surface area contributed by atoms with Crippen LogP contribution in [0.15, 0.2) is 91.0 Å². The summed E-state index contributed by atoms with van der Waals surface area (Å²) in [4.78, 5) is 68.9. The van der Waals surface area contributed by atoms with Crippen molar-refractivity contribution in [2.45, 2.75) is 82.6 Å². The summed E-state index contributed by atoms with van der Waals surface area (Å²) < 4.78 is 0. The fraction of sp³-hybridized carbons (Fsp3) is 0.395. The summed E-state index contributed by atoms with van der Waals surface area (Å²) in [6.45, 7) is 4.15. The van der Waals surface area contributed by atoms with Crippen LogP contribution in [0, 0.1) is 5.92 Å². The SMILES string of the molecule is CCC(C)C(N)C(=O)NC(Cc1ccccc1)C(=O)NC(Cc1ccccc1)C(=O)NC(Cc1ccccc1)C(=O)N1CCCC1C(N)=O. The monoisotopic (exact) mass is 668 g/mol. The lowest BCUT2D eigenvalue weighted by Crippen LogP contribution is -2.60. The van der Waals surface area contributed by atoms with Gasteiger partial charge < -0.3 is 32.3 Å². The molecule has 0 bridgehead atoms. The maximum absolute atomic E-state index is 14.2. The molecule has 3 aromatic carbocycles. The molecule has 3 aromatic rings. The number of benzene rings is 3. The molecule has 11 heteroatoms. The number of amides is 5. The van der Waals surface area contributed by atoms with Crippen LogP contribution in [0.25, 0.3) is 0 Å². The van der Waals surface area contributed by atoms with Gasteiger partial charge in [0.1, 0.15) is 24.2 Å². The standard InChI is InChI=1S/C38H48N6O5/c1-3-25(2)33(39)37(48)42-30(23-27-16-9-5-10-17-27)35(46)41-29(22-26-14-7-4-8-15-26)36(47)43-31(24-28-18-11-6-12-19-28)38(49)44-21-13-20-32(44)34(40)45/h4-12,14-19,25,29-33H,3,13,20-24,39H2,1-2H3,(H2,40,45)(H,41,46)(H,42,48)(H,43,47). The minimum atomic E-state index is -1.11. The normalized spacial score (nSPS) is 17.2. The van der Waals surface area contributed by atoms with Gasteiger partial charge in [0.15, 0.2) is 0 Å². The average molecular weight is 669 g/mol. The van der Waals surface area contributed by atoms with Gasteiger partial charge in [-0.25, -0.2) is 0 Å². The molecule has 0 spiro atoms. The molecule has 0 radical (unpaired) electrons. The van der Waals surface area contributed by atoms with Crippen LogP contribution >= 0.6 is 0 Å². The van der Waals surface area contributed by atoms with Crippen LogP contribution in [0.2, 0.25) is 0 Å². The summed E-state index contributed by atoms with van der Waals surface area (Å²) in [5.41, 5.74) is 14.2. The van der Waals surface area contributed by atoms with Gasteiger partial charge in [-0.15, -0.1) is 0 Å². The molecule has 260 valence electrons. The molecule has 0 aliphatic carbocycles. The lowest BCUT2D eigenvalue weighted by Gasteiger charge is -2.30. The van der Waals surface area contributed by atoms with Gasteiger partial charge in [-0.2, -0.15) is 0 Å². The lowest BCUT2D eigenvalue weighted by molar-refractivity contribution is -0.141. The van der Waals surface area contributed by atoms with E-state index in [9.17, 15) is 24.0 Å². The Morgan fingerprint density at radius 3 is 1.53 bits per heavy atom. The molecule has 5 amide bonds. The summed E-state index contributed by atoms with van der Waals surface area (Å²) in [6.07, 6.45) is 2.21. The van der Waals surface area contributed by atoms with Crippen molar-refractivity contribution in [3.8, 4) is 0 Å². The lowest BCUT2D eigenvalue weighted by atomic mass is 9.98. The van der Waals surface area contributed by atoms with Gasteiger partial charge in [0, 0.05) is 25.8 Å². The second kappa shape index (κ2) is 17.9. The largest absolute Gasteiger partial charge is 0.368 e. The van der Waals surface area contributed by atoms with Crippen LogP contribution in [0.3, 0.4) is 0 Å². The predicted octanol–water partition coefficient (Wildman–Crippen LogP) is 2.02. The molecule has 4 rings (SSSR count). The van der Waals surface area contributed by atoms with Gasteiger partial charge in [-0.1, -0.05) is 111 Å². The second-order valence-corrected chi connectivity index (χ2v) is 12.8. The molecule has 6 atom stereocenters. The zero-order valence-electron chi connectivity index (χ0n) is 28.2. The number of nitrogens with one attached hydrogen (secondary N) is 3. The zero-order valence-corrected chi connectivity index (χ0v) is 28.2. The number of hydrogen-bond donors (Lipinski definition) is 5. The third kappa shape index (κ3) is 10.5. The second-order valence-electron chi connectivity index (χ2n) is 12.8. The van der Waals surface area contributed by atoms with Crippen molar-refractivity contribution in [3.63, 3.8) is 0 Å². The Labute approximate surface area is 288 Å². The minimum absolute atomic E-state index is 0.110. The Morgan fingerprint density at radius 2 is 1.10 bits per heavy atom. The molecular weight excluding hydrogens is 620 g/mol. The summed E-state index contributed by atoms with van der Waals surface area (Å²) in [5, 5.41) is 8.59. The van der Waals surface area contributed by atoms with E-state index in [4.69, 9.17) is 11.5 Å². The summed E-state index contributed by atoms with van der Waals surface area (Å²) >= 11 is 0. The zero-order chi connectivity index (χ0) is 35.3. The van der Waals surface area contributed by atoms with Crippen molar-refractivity contribution in [3.05, 3.63) is 108 Å². The first-order valence-electron chi connectivity index (χ1n) is 17.0. The molecule has 1 fully saturated rings. The van der Waals surface area contributed by atoms with Gasteiger partial charge in [0.2, 0.25) is 29.5 Å². The predicted molar refractivity (Wildman–Crippen MR) is 188 cm³/mol. The number of nitrogens with zero attached hydrogens (tertiary/aromatic N) is 1. The Kier molecular flexibility index (Phi) is 13.5. The van der Waals surface area contributed by atoms with Crippen molar-refractivity contribution in [1.29, 1.82) is 0 Å². The Morgan fingerprint density at radius 1 is 0.694 bits per heavy atom. The molecule has 1 aliphatic heterocycles. The molecule has 7 N–H and O–H groups in total. The van der Waals surface area contributed by atoms with E-state index in [2.05, 4.69) is 16.0 Å². The van der Waals surface area contributed by atoms with Crippen molar-refractivity contribution in [2.75, 3.05) is 6.54 Å². The molecule has 11 nitrogen and oxygen atoms in total. The molecule has 6 unspecified atom stereocenters. The molecule has 1 aliphatic rings. The van der Waals surface area contributed by atoms with Crippen molar-refractivity contribution in [1.82, 2.24) is 20.9 Å². The fourth-order valence-corrected chi connectivity index (χ4v) is 6.02. The third-order valence-electron chi connectivity index (χ3n) is 9.15. The molecular formula is C38H48N6O5. The van der Waals surface area contributed by atoms with Gasteiger partial charge >= 0.3 is 0 Å². The quantitative estimate of drug-likeness (QED) is 0.156. The highest BCUT2D eigenvalue weighted by molar-refractivity contribution is 5.96. The van der Waals surface area contributed by atoms with E-state index >= 15 is 0 Å². The third-order valence-corrected chi connectivity index (χ3v) is 9.15. The van der Waals surface area contributed by atoms with Crippen LogP contribution in [0.1, 0.15) is 49.8 Å². The van der Waals surface area contributed by atoms with Crippen LogP contribution < -0.4 is 27.4 Å². The van der Waals surface area contributed by atoms with E-state index < -0.39 is 59.7 Å². The summed E-state index contributed by atoms with van der Waals surface area (Å²) in [7, 11) is 0. The highest BCUT2D eigenvalue weighted by Gasteiger charge is 2.38. The topological polar surface area (TPSA) is 177 Å². The highest BCUT2D eigenvalue weighted by atomic mass is 16.2. The van der Waals surface area contributed by atoms with Crippen LogP contribution in [0.4, 0.5) is 0 Å². The number of likely N-dealkylation sites (tertiary alicyclic amines) is 1. The van der Waals surface area contributed by atoms with Gasteiger partial charge in [0.05, 0.1) is 6.04 Å². The first-order chi connectivity index (χ1) is 23.6. The molecule has 1 saturated heterocycles. The number of hydrogen-bond acceptors (Lipinski definition) is 6. The number of carbonyl (C=O) groups excluding carboxylic acids is 5. The van der Waals surface area contributed by atoms with E-state index in [0.717, 1.165) is 16.7 Å². The summed E-state index contributed by atoms with van der Waals surface area (Å²) in [6, 6.07) is 23.0. The van der Waals surface area contributed by atoms with Crippen molar-refractivity contribution >= 4 is 29.5 Å². The van der Waals surface area contributed by atoms with Gasteiger partial charge in [0.25, 0.3) is 0 Å². The van der Waals surface area contributed by atoms with E-state index in [1.807, 2.05) is 105 Å². The first kappa shape index (κ1) is 36.8. The smallest absolute Gasteiger partial charge is 0.246 e. The van der Waals surface area contributed by atoms with Crippen LogP contribution in [0.5, 0.6) is 0 Å². The van der Waals surface area contributed by atoms with E-state index in [1.54, 1.807) is 0 Å². The van der Waals surface area contributed by atoms with Crippen LogP contribution in [-0.4, -0.2) is 71.2 Å². The fourth-order valence-electron chi connectivity index (χ4n) is 6.02. The van der Waals surface area contributed by atoms with Gasteiger partial charge in [-0.05, 0) is 35.4 Å². The molecule has 0 aromatic heterocycles. The highest BCUT2D eigenvalue weighted by Crippen LogP contribution is 2.20. The van der Waals surface area contributed by atoms with Crippen LogP contribution in [-0.2, 0) is 43.2 Å². The number of carbonyl (C=O) groups is 5. The van der Waals surface area contributed by atoms with E-state index in [0.29, 0.717) is 25.8 Å². The Hall–Kier alpha value is -5.03. The number of primary amides is 1. The Balaban J connectivity index is 1.61. The summed E-state index contributed by atoms with van der Waals surface area (Å²) in [5.74, 6) is -2.73. The van der Waals surface area contributed by atoms with E-state index in [-0.39, 0.29) is 25.2 Å². The maximum atomic E-state index is 14.2. The van der Waals surface area contributed by atoms with Gasteiger partial charge in [-0.3, -0.25) is 24.0 Å². The van der Waals surface area contributed by atoms with Crippen molar-refractivity contribution < 1.29 is 24.0 Å². The average Bonchev–Trinajstić information content (AvgIpc) is 3.62. The first-order valence-corrected chi connectivity index (χ1v) is 17.0. The molecule has 49 heavy (non-hydrogen) atoms.